The lowest BCUT2D eigenvalue weighted by Crippen LogP contribution is -2.54. The van der Waals surface area contributed by atoms with Gasteiger partial charge in [0.15, 0.2) is 0 Å². The van der Waals surface area contributed by atoms with Crippen LogP contribution in [-0.2, 0) is 14.3 Å². The van der Waals surface area contributed by atoms with Gasteiger partial charge in [-0.25, -0.2) is 0 Å². The molecule has 1 heterocycles. The minimum absolute atomic E-state index is 0.169. The summed E-state index contributed by atoms with van der Waals surface area (Å²) in [5, 5.41) is 5.65. The van der Waals surface area contributed by atoms with E-state index in [-0.39, 0.29) is 23.9 Å². The predicted molar refractivity (Wildman–Crippen MR) is 57.7 cm³/mol. The quantitative estimate of drug-likeness (QED) is 0.637. The summed E-state index contributed by atoms with van der Waals surface area (Å²) in [4.78, 5) is 22.5. The van der Waals surface area contributed by atoms with Crippen molar-refractivity contribution in [3.05, 3.63) is 0 Å². The molecule has 2 aliphatic rings. The second-order valence-electron chi connectivity index (χ2n) is 4.57. The molecular formula is C11H18N2O3. The van der Waals surface area contributed by atoms with Crippen LogP contribution in [0.4, 0.5) is 0 Å². The first kappa shape index (κ1) is 11.5. The molecule has 2 atom stereocenters. The van der Waals surface area contributed by atoms with Gasteiger partial charge < -0.3 is 10.1 Å². The molecule has 5 heteroatoms. The van der Waals surface area contributed by atoms with E-state index in [0.717, 1.165) is 0 Å². The first-order valence-corrected chi connectivity index (χ1v) is 5.79. The minimum atomic E-state index is -0.238. The number of imide groups is 1. The van der Waals surface area contributed by atoms with Gasteiger partial charge in [0.1, 0.15) is 0 Å². The zero-order chi connectivity index (χ0) is 11.5. The molecule has 1 saturated carbocycles. The third-order valence-electron chi connectivity index (χ3n) is 3.19. The third kappa shape index (κ3) is 2.80. The number of ether oxygens (including phenoxy) is 1. The molecule has 0 aromatic rings. The van der Waals surface area contributed by atoms with E-state index < -0.39 is 0 Å². The number of amides is 2. The van der Waals surface area contributed by atoms with Crippen molar-refractivity contribution >= 4 is 11.8 Å². The zero-order valence-electron chi connectivity index (χ0n) is 9.49. The molecule has 2 rings (SSSR count). The van der Waals surface area contributed by atoms with Crippen molar-refractivity contribution in [2.24, 2.45) is 5.92 Å². The maximum absolute atomic E-state index is 11.6. The molecule has 0 radical (unpaired) electrons. The minimum Gasteiger partial charge on any atom is -0.383 e. The van der Waals surface area contributed by atoms with Gasteiger partial charge in [0.2, 0.25) is 11.8 Å². The average Bonchev–Trinajstić information content (AvgIpc) is 3.04. The summed E-state index contributed by atoms with van der Waals surface area (Å²) in [6.45, 7) is 0.627. The Balaban J connectivity index is 1.86. The molecule has 2 amide bonds. The van der Waals surface area contributed by atoms with E-state index in [0.29, 0.717) is 25.4 Å². The lowest BCUT2D eigenvalue weighted by molar-refractivity contribution is -0.135. The molecule has 2 N–H and O–H groups in total. The fourth-order valence-electron chi connectivity index (χ4n) is 2.11. The summed E-state index contributed by atoms with van der Waals surface area (Å²) in [7, 11) is 1.67. The van der Waals surface area contributed by atoms with Gasteiger partial charge in [-0.2, -0.15) is 0 Å². The van der Waals surface area contributed by atoms with E-state index in [2.05, 4.69) is 10.6 Å². The highest BCUT2D eigenvalue weighted by Crippen LogP contribution is 2.33. The van der Waals surface area contributed by atoms with Crippen molar-refractivity contribution in [3.8, 4) is 0 Å². The van der Waals surface area contributed by atoms with E-state index in [4.69, 9.17) is 4.74 Å². The number of piperidine rings is 1. The highest BCUT2D eigenvalue weighted by molar-refractivity contribution is 6.00. The van der Waals surface area contributed by atoms with Crippen LogP contribution < -0.4 is 10.6 Å². The van der Waals surface area contributed by atoms with E-state index in [1.54, 1.807) is 7.11 Å². The SMILES string of the molecule is COCC(NC1CCC(=O)NC1=O)C1CC1. The van der Waals surface area contributed by atoms with Crippen molar-refractivity contribution in [3.63, 3.8) is 0 Å². The van der Waals surface area contributed by atoms with Gasteiger partial charge in [0.05, 0.1) is 12.6 Å². The fraction of sp³-hybridized carbons (Fsp3) is 0.818. The Morgan fingerprint density at radius 1 is 1.44 bits per heavy atom. The second-order valence-corrected chi connectivity index (χ2v) is 4.57. The molecule has 2 unspecified atom stereocenters. The molecule has 0 aromatic carbocycles. The number of methoxy groups -OCH3 is 1. The van der Waals surface area contributed by atoms with E-state index in [1.807, 2.05) is 0 Å². The number of nitrogens with one attached hydrogen (secondary N) is 2. The lowest BCUT2D eigenvalue weighted by atomic mass is 10.0. The molecule has 5 nitrogen and oxygen atoms in total. The fourth-order valence-corrected chi connectivity index (χ4v) is 2.11. The molecule has 2 fully saturated rings. The van der Waals surface area contributed by atoms with Gasteiger partial charge in [-0.05, 0) is 25.2 Å². The maximum Gasteiger partial charge on any atom is 0.243 e. The summed E-state index contributed by atoms with van der Waals surface area (Å²) in [5.41, 5.74) is 0. The second kappa shape index (κ2) is 4.93. The highest BCUT2D eigenvalue weighted by atomic mass is 16.5. The van der Waals surface area contributed by atoms with Crippen LogP contribution in [0.25, 0.3) is 0 Å². The Morgan fingerprint density at radius 3 is 2.75 bits per heavy atom. The van der Waals surface area contributed by atoms with Crippen molar-refractivity contribution in [1.29, 1.82) is 0 Å². The van der Waals surface area contributed by atoms with Gasteiger partial charge in [-0.15, -0.1) is 0 Å². The van der Waals surface area contributed by atoms with Crippen LogP contribution in [-0.4, -0.2) is 37.6 Å². The molecule has 90 valence electrons. The summed E-state index contributed by atoms with van der Waals surface area (Å²) in [6, 6.07) is 0.00685. The van der Waals surface area contributed by atoms with Crippen LogP contribution in [0.2, 0.25) is 0 Å². The van der Waals surface area contributed by atoms with Gasteiger partial charge in [0, 0.05) is 19.6 Å². The Labute approximate surface area is 94.9 Å². The normalized spacial score (nSPS) is 27.7. The number of hydrogen-bond acceptors (Lipinski definition) is 4. The van der Waals surface area contributed by atoms with Gasteiger partial charge >= 0.3 is 0 Å². The largest absolute Gasteiger partial charge is 0.383 e. The van der Waals surface area contributed by atoms with E-state index in [9.17, 15) is 9.59 Å². The van der Waals surface area contributed by atoms with Crippen molar-refractivity contribution < 1.29 is 14.3 Å². The first-order chi connectivity index (χ1) is 7.70. The molecule has 0 spiro atoms. The van der Waals surface area contributed by atoms with Crippen molar-refractivity contribution in [2.75, 3.05) is 13.7 Å². The summed E-state index contributed by atoms with van der Waals surface area (Å²) in [6.07, 6.45) is 3.42. The number of hydrogen-bond donors (Lipinski definition) is 2. The molecule has 0 aromatic heterocycles. The molecule has 0 bridgehead atoms. The first-order valence-electron chi connectivity index (χ1n) is 5.79. The van der Waals surface area contributed by atoms with Crippen LogP contribution in [0.3, 0.4) is 0 Å². The van der Waals surface area contributed by atoms with Gasteiger partial charge in [0.25, 0.3) is 0 Å². The van der Waals surface area contributed by atoms with E-state index >= 15 is 0 Å². The molecule has 16 heavy (non-hydrogen) atoms. The standard InChI is InChI=1S/C11H18N2O3/c1-16-6-9(7-2-3-7)12-8-4-5-10(14)13-11(8)15/h7-9,12H,2-6H2,1H3,(H,13,14,15). The molecule has 1 saturated heterocycles. The van der Waals surface area contributed by atoms with Crippen LogP contribution in [0, 0.1) is 5.92 Å². The Bertz CT molecular complexity index is 289. The number of carbonyl (C=O) groups excluding carboxylic acids is 2. The van der Waals surface area contributed by atoms with Crippen molar-refractivity contribution in [1.82, 2.24) is 10.6 Å². The highest BCUT2D eigenvalue weighted by Gasteiger charge is 2.35. The monoisotopic (exact) mass is 226 g/mol. The van der Waals surface area contributed by atoms with E-state index in [1.165, 1.54) is 12.8 Å². The maximum atomic E-state index is 11.6. The molecule has 1 aliphatic carbocycles. The molecular weight excluding hydrogens is 208 g/mol. The van der Waals surface area contributed by atoms with Crippen LogP contribution in [0.5, 0.6) is 0 Å². The number of rotatable bonds is 5. The van der Waals surface area contributed by atoms with Crippen LogP contribution in [0.15, 0.2) is 0 Å². The Kier molecular flexibility index (Phi) is 3.56. The summed E-state index contributed by atoms with van der Waals surface area (Å²) in [5.74, 6) is 0.265. The van der Waals surface area contributed by atoms with Crippen molar-refractivity contribution in [2.45, 2.75) is 37.8 Å². The predicted octanol–water partition coefficient (Wildman–Crippen LogP) is -0.194. The van der Waals surface area contributed by atoms with Gasteiger partial charge in [-0.3, -0.25) is 14.9 Å². The average molecular weight is 226 g/mol. The Hall–Kier alpha value is -0.940. The molecule has 1 aliphatic heterocycles. The topological polar surface area (TPSA) is 67.4 Å². The van der Waals surface area contributed by atoms with Crippen LogP contribution in [0.1, 0.15) is 25.7 Å². The summed E-state index contributed by atoms with van der Waals surface area (Å²) < 4.78 is 5.14. The lowest BCUT2D eigenvalue weighted by Gasteiger charge is -2.27. The third-order valence-corrected chi connectivity index (χ3v) is 3.19. The number of carbonyl (C=O) groups is 2. The summed E-state index contributed by atoms with van der Waals surface area (Å²) >= 11 is 0. The van der Waals surface area contributed by atoms with Gasteiger partial charge in [-0.1, -0.05) is 0 Å². The smallest absolute Gasteiger partial charge is 0.243 e. The Morgan fingerprint density at radius 2 is 2.19 bits per heavy atom. The van der Waals surface area contributed by atoms with Crippen LogP contribution >= 0.6 is 0 Å². The zero-order valence-corrected chi connectivity index (χ0v) is 9.49.